The van der Waals surface area contributed by atoms with Crippen LogP contribution in [0.3, 0.4) is 0 Å². The lowest BCUT2D eigenvalue weighted by atomic mass is 9.67. The highest BCUT2D eigenvalue weighted by molar-refractivity contribution is 6.09. The summed E-state index contributed by atoms with van der Waals surface area (Å²) < 4.78 is 6.51. The summed E-state index contributed by atoms with van der Waals surface area (Å²) in [6.07, 6.45) is 0. The maximum atomic E-state index is 6.51. The summed E-state index contributed by atoms with van der Waals surface area (Å²) in [5.41, 5.74) is 18.9. The average molecular weight is 804 g/mol. The lowest BCUT2D eigenvalue weighted by Gasteiger charge is -2.35. The molecule has 0 fully saturated rings. The minimum Gasteiger partial charge on any atom is -0.455 e. The zero-order valence-corrected chi connectivity index (χ0v) is 34.5. The molecule has 1 aromatic heterocycles. The molecule has 1 aliphatic carbocycles. The number of anilines is 3. The van der Waals surface area contributed by atoms with Gasteiger partial charge in [0.2, 0.25) is 0 Å². The van der Waals surface area contributed by atoms with Gasteiger partial charge in [0.05, 0.1) is 5.41 Å². The van der Waals surface area contributed by atoms with Gasteiger partial charge in [-0.15, -0.1) is 0 Å². The van der Waals surface area contributed by atoms with Gasteiger partial charge in [-0.1, -0.05) is 200 Å². The number of rotatable bonds is 8. The van der Waals surface area contributed by atoms with Gasteiger partial charge in [-0.05, 0) is 110 Å². The Hall–Kier alpha value is -8.20. The molecular formula is C61H41NO. The SMILES string of the molecule is c1ccc(-c2cc(-c3ccccc3)cc(N(c3ccc(-c4cccc5c4oc4ccccc45)cc3)c3cccc(C4(c5ccccc5)c5ccccc5-c5ccccc54)c3)c2)cc1. The smallest absolute Gasteiger partial charge is 0.143 e. The van der Waals surface area contributed by atoms with Gasteiger partial charge < -0.3 is 9.32 Å². The molecule has 1 heterocycles. The van der Waals surface area contributed by atoms with Crippen LogP contribution in [0.1, 0.15) is 22.3 Å². The molecular weight excluding hydrogens is 763 g/mol. The summed E-state index contributed by atoms with van der Waals surface area (Å²) in [4.78, 5) is 2.43. The lowest BCUT2D eigenvalue weighted by Crippen LogP contribution is -2.28. The Bertz CT molecular complexity index is 3340. The van der Waals surface area contributed by atoms with Crippen molar-refractivity contribution in [2.45, 2.75) is 5.41 Å². The van der Waals surface area contributed by atoms with Crippen LogP contribution in [0.15, 0.2) is 253 Å². The highest BCUT2D eigenvalue weighted by atomic mass is 16.3. The molecule has 296 valence electrons. The summed E-state index contributed by atoms with van der Waals surface area (Å²) in [6.45, 7) is 0. The Kier molecular flexibility index (Phi) is 8.76. The van der Waals surface area contributed by atoms with Gasteiger partial charge in [0.15, 0.2) is 0 Å². The van der Waals surface area contributed by atoms with Crippen LogP contribution in [-0.2, 0) is 5.41 Å². The van der Waals surface area contributed by atoms with Gasteiger partial charge in [-0.25, -0.2) is 0 Å². The van der Waals surface area contributed by atoms with Crippen LogP contribution >= 0.6 is 0 Å². The summed E-state index contributed by atoms with van der Waals surface area (Å²) in [6, 6.07) is 90.3. The van der Waals surface area contributed by atoms with E-state index >= 15 is 0 Å². The third kappa shape index (κ3) is 6.02. The summed E-state index contributed by atoms with van der Waals surface area (Å²) >= 11 is 0. The van der Waals surface area contributed by atoms with Gasteiger partial charge in [-0.3, -0.25) is 0 Å². The molecule has 0 aliphatic heterocycles. The van der Waals surface area contributed by atoms with Crippen molar-refractivity contribution < 1.29 is 4.42 Å². The van der Waals surface area contributed by atoms with Crippen molar-refractivity contribution in [3.63, 3.8) is 0 Å². The zero-order valence-electron chi connectivity index (χ0n) is 34.5. The molecule has 63 heavy (non-hydrogen) atoms. The molecule has 0 unspecified atom stereocenters. The first-order valence-corrected chi connectivity index (χ1v) is 21.7. The maximum Gasteiger partial charge on any atom is 0.143 e. The van der Waals surface area contributed by atoms with E-state index < -0.39 is 5.41 Å². The molecule has 2 nitrogen and oxygen atoms in total. The number of hydrogen-bond acceptors (Lipinski definition) is 2. The van der Waals surface area contributed by atoms with E-state index in [-0.39, 0.29) is 0 Å². The molecule has 0 atom stereocenters. The third-order valence-electron chi connectivity index (χ3n) is 12.9. The van der Waals surface area contributed by atoms with E-state index in [9.17, 15) is 0 Å². The average Bonchev–Trinajstić information content (AvgIpc) is 3.90. The minimum atomic E-state index is -0.535. The van der Waals surface area contributed by atoms with Crippen LogP contribution in [0.25, 0.3) is 66.4 Å². The molecule has 12 rings (SSSR count). The number of nitrogens with zero attached hydrogens (tertiary/aromatic N) is 1. The number of furan rings is 1. The fraction of sp³-hybridized carbons (Fsp3) is 0.0164. The number of hydrogen-bond donors (Lipinski definition) is 0. The molecule has 11 aromatic rings. The van der Waals surface area contributed by atoms with Gasteiger partial charge in [0, 0.05) is 33.4 Å². The molecule has 0 N–H and O–H groups in total. The molecule has 0 saturated carbocycles. The fourth-order valence-corrected chi connectivity index (χ4v) is 10.1. The van der Waals surface area contributed by atoms with E-state index in [1.807, 2.05) is 12.1 Å². The van der Waals surface area contributed by atoms with E-state index in [0.29, 0.717) is 0 Å². The van der Waals surface area contributed by atoms with Crippen LogP contribution < -0.4 is 4.90 Å². The van der Waals surface area contributed by atoms with Crippen molar-refractivity contribution in [1.29, 1.82) is 0 Å². The quantitative estimate of drug-likeness (QED) is 0.152. The van der Waals surface area contributed by atoms with E-state index in [2.05, 4.69) is 241 Å². The normalized spacial score (nSPS) is 12.6. The molecule has 0 spiro atoms. The third-order valence-corrected chi connectivity index (χ3v) is 12.9. The van der Waals surface area contributed by atoms with Crippen molar-refractivity contribution in [2.24, 2.45) is 0 Å². The first-order valence-electron chi connectivity index (χ1n) is 21.7. The lowest BCUT2D eigenvalue weighted by molar-refractivity contribution is 0.670. The van der Waals surface area contributed by atoms with Crippen LogP contribution in [0, 0.1) is 0 Å². The highest BCUT2D eigenvalue weighted by Gasteiger charge is 2.46. The number of benzene rings is 10. The van der Waals surface area contributed by atoms with Gasteiger partial charge in [0.25, 0.3) is 0 Å². The molecule has 10 aromatic carbocycles. The Balaban J connectivity index is 1.09. The van der Waals surface area contributed by atoms with Crippen molar-refractivity contribution in [3.05, 3.63) is 271 Å². The van der Waals surface area contributed by atoms with Gasteiger partial charge >= 0.3 is 0 Å². The Morgan fingerprint density at radius 3 is 1.49 bits per heavy atom. The largest absolute Gasteiger partial charge is 0.455 e. The highest BCUT2D eigenvalue weighted by Crippen LogP contribution is 2.56. The Morgan fingerprint density at radius 1 is 0.302 bits per heavy atom. The van der Waals surface area contributed by atoms with Crippen molar-refractivity contribution in [2.75, 3.05) is 4.90 Å². The molecule has 0 radical (unpaired) electrons. The maximum absolute atomic E-state index is 6.51. The first kappa shape index (κ1) is 36.6. The molecule has 0 saturated heterocycles. The van der Waals surface area contributed by atoms with Crippen LogP contribution in [0.2, 0.25) is 0 Å². The molecule has 0 bridgehead atoms. The second-order valence-electron chi connectivity index (χ2n) is 16.4. The predicted molar refractivity (Wildman–Crippen MR) is 262 cm³/mol. The fourth-order valence-electron chi connectivity index (χ4n) is 10.1. The minimum absolute atomic E-state index is 0.535. The van der Waals surface area contributed by atoms with Crippen molar-refractivity contribution in [1.82, 2.24) is 0 Å². The van der Waals surface area contributed by atoms with E-state index in [4.69, 9.17) is 4.42 Å². The van der Waals surface area contributed by atoms with Crippen molar-refractivity contribution >= 4 is 39.0 Å². The number of fused-ring (bicyclic) bond motifs is 6. The van der Waals surface area contributed by atoms with E-state index in [0.717, 1.165) is 61.3 Å². The standard InChI is InChI=1S/C61H41NO/c1-4-18-42(19-5-1)45-38-46(43-20-6-2-7-21-43)40-51(39-45)62(49-36-34-44(35-37-49)52-29-17-30-56-55-28-12-15-33-59(55)63-60(52)56)50-25-16-24-48(41-50)61(47-22-8-3-9-23-47)57-31-13-10-26-53(57)54-27-11-14-32-58(54)61/h1-41H. The summed E-state index contributed by atoms with van der Waals surface area (Å²) in [5, 5.41) is 2.25. The number of para-hydroxylation sites is 2. The second-order valence-corrected chi connectivity index (χ2v) is 16.4. The van der Waals surface area contributed by atoms with Crippen molar-refractivity contribution in [3.8, 4) is 44.5 Å². The second kappa shape index (κ2) is 15.1. The molecule has 1 aliphatic rings. The molecule has 0 amide bonds. The summed E-state index contributed by atoms with van der Waals surface area (Å²) in [5.74, 6) is 0. The van der Waals surface area contributed by atoms with Crippen LogP contribution in [-0.4, -0.2) is 0 Å². The van der Waals surface area contributed by atoms with Gasteiger partial charge in [0.1, 0.15) is 11.2 Å². The first-order chi connectivity index (χ1) is 31.2. The molecule has 2 heteroatoms. The Labute approximate surface area is 367 Å². The van der Waals surface area contributed by atoms with Crippen LogP contribution in [0.4, 0.5) is 17.1 Å². The van der Waals surface area contributed by atoms with Crippen LogP contribution in [0.5, 0.6) is 0 Å². The van der Waals surface area contributed by atoms with E-state index in [1.54, 1.807) is 0 Å². The van der Waals surface area contributed by atoms with E-state index in [1.165, 1.54) is 44.5 Å². The zero-order chi connectivity index (χ0) is 41.7. The topological polar surface area (TPSA) is 16.4 Å². The predicted octanol–water partition coefficient (Wildman–Crippen LogP) is 16.4. The summed E-state index contributed by atoms with van der Waals surface area (Å²) in [7, 11) is 0. The monoisotopic (exact) mass is 803 g/mol. The van der Waals surface area contributed by atoms with Gasteiger partial charge in [-0.2, -0.15) is 0 Å². The Morgan fingerprint density at radius 2 is 0.825 bits per heavy atom.